The highest BCUT2D eigenvalue weighted by Gasteiger charge is 2.40. The van der Waals surface area contributed by atoms with Crippen molar-refractivity contribution in [2.24, 2.45) is 17.8 Å². The predicted octanol–water partition coefficient (Wildman–Crippen LogP) is 7.72. The predicted molar refractivity (Wildman–Crippen MR) is 188 cm³/mol. The van der Waals surface area contributed by atoms with E-state index in [4.69, 9.17) is 14.2 Å². The minimum absolute atomic E-state index is 0.0197. The Morgan fingerprint density at radius 2 is 1.72 bits per heavy atom. The van der Waals surface area contributed by atoms with E-state index in [9.17, 15) is 5.11 Å². The number of methoxy groups -OCH3 is 1. The van der Waals surface area contributed by atoms with Gasteiger partial charge in [-0.15, -0.1) is 5.54 Å². The highest BCUT2D eigenvalue weighted by molar-refractivity contribution is 6.50. The van der Waals surface area contributed by atoms with Crippen LogP contribution in [0.2, 0.25) is 5.04 Å². The average Bonchev–Trinajstić information content (AvgIpc) is 3.22. The Labute approximate surface area is 293 Å². The first-order valence-corrected chi connectivity index (χ1v) is 17.7. The number of β-amino-alcohol motifs (C(OH)–C–C–N with tert-alkyl or cyclic N) is 1. The molecule has 4 aromatic rings. The van der Waals surface area contributed by atoms with Gasteiger partial charge in [-0.3, -0.25) is 0 Å². The van der Waals surface area contributed by atoms with Crippen LogP contribution in [-0.2, 0) is 9.47 Å². The quantitative estimate of drug-likeness (QED) is 0.0628. The third kappa shape index (κ3) is 7.19. The maximum Gasteiger partial charge on any atom is 0.311 e. The molecule has 50 heavy (non-hydrogen) atoms. The van der Waals surface area contributed by atoms with E-state index in [2.05, 4.69) is 63.0 Å². The number of aliphatic hydroxyl groups is 1. The summed E-state index contributed by atoms with van der Waals surface area (Å²) in [5.41, 5.74) is 0.826. The summed E-state index contributed by atoms with van der Waals surface area (Å²) >= 11 is 0. The molecule has 0 bridgehead atoms. The number of anilines is 1. The first-order valence-electron chi connectivity index (χ1n) is 16.7. The van der Waals surface area contributed by atoms with Gasteiger partial charge in [0.05, 0.1) is 30.9 Å². The van der Waals surface area contributed by atoms with Crippen LogP contribution in [0.1, 0.15) is 54.0 Å². The number of fused-ring (bicyclic) bond motifs is 2. The number of rotatable bonds is 9. The van der Waals surface area contributed by atoms with Crippen LogP contribution in [0.5, 0.6) is 5.75 Å². The summed E-state index contributed by atoms with van der Waals surface area (Å²) in [6, 6.07) is 6.80. The van der Waals surface area contributed by atoms with Crippen molar-refractivity contribution in [1.29, 1.82) is 0 Å². The molecule has 12 heteroatoms. The summed E-state index contributed by atoms with van der Waals surface area (Å²) in [7, 11) is 1.59. The van der Waals surface area contributed by atoms with Crippen molar-refractivity contribution in [1.82, 2.24) is 9.97 Å². The zero-order valence-corrected chi connectivity index (χ0v) is 30.7. The van der Waals surface area contributed by atoms with Gasteiger partial charge in [0.25, 0.3) is 0 Å². The molecule has 1 aromatic heterocycles. The fourth-order valence-corrected chi connectivity index (χ4v) is 8.67. The normalized spacial score (nSPS) is 17.2. The number of hydrogen-bond acceptors (Lipinski definition) is 7. The Kier molecular flexibility index (Phi) is 11.1. The number of nitrogens with zero attached hydrogens (tertiary/aromatic N) is 3. The molecule has 1 aliphatic heterocycles. The molecule has 1 saturated heterocycles. The Morgan fingerprint density at radius 1 is 1.02 bits per heavy atom. The van der Waals surface area contributed by atoms with Crippen molar-refractivity contribution in [3.05, 3.63) is 59.4 Å². The lowest BCUT2D eigenvalue weighted by molar-refractivity contribution is -0.0123. The van der Waals surface area contributed by atoms with E-state index >= 15 is 17.6 Å². The van der Waals surface area contributed by atoms with Gasteiger partial charge in [0.15, 0.2) is 22.1 Å². The van der Waals surface area contributed by atoms with E-state index in [1.165, 1.54) is 30.2 Å². The molecule has 1 N–H and O–H groups in total. The molecule has 0 amide bonds. The molecule has 1 aliphatic rings. The van der Waals surface area contributed by atoms with E-state index in [-0.39, 0.29) is 81.1 Å². The summed E-state index contributed by atoms with van der Waals surface area (Å²) in [5, 5.41) is 11.1. The molecule has 3 aromatic carbocycles. The Balaban J connectivity index is 1.77. The molecule has 1 fully saturated rings. The van der Waals surface area contributed by atoms with E-state index < -0.39 is 40.2 Å². The number of ether oxygens (including phenoxy) is 3. The fourth-order valence-electron chi connectivity index (χ4n) is 7.40. The van der Waals surface area contributed by atoms with Crippen LogP contribution in [-0.4, -0.2) is 70.4 Å². The van der Waals surface area contributed by atoms with Gasteiger partial charge in [0, 0.05) is 30.0 Å². The minimum atomic E-state index is -1.33. The van der Waals surface area contributed by atoms with E-state index in [1.54, 1.807) is 13.0 Å². The first kappa shape index (κ1) is 37.5. The second-order valence-corrected chi connectivity index (χ2v) is 15.4. The van der Waals surface area contributed by atoms with Gasteiger partial charge in [-0.2, -0.15) is 14.4 Å². The van der Waals surface area contributed by atoms with Crippen molar-refractivity contribution in [3.8, 4) is 28.3 Å². The van der Waals surface area contributed by atoms with Crippen molar-refractivity contribution in [2.45, 2.75) is 59.1 Å². The van der Waals surface area contributed by atoms with Crippen LogP contribution < -0.4 is 9.64 Å². The molecule has 2 heterocycles. The Bertz CT molecular complexity index is 1940. The van der Waals surface area contributed by atoms with Crippen LogP contribution in [0.25, 0.3) is 32.8 Å². The third-order valence-corrected chi connectivity index (χ3v) is 12.0. The molecule has 0 saturated carbocycles. The van der Waals surface area contributed by atoms with Crippen molar-refractivity contribution in [3.63, 3.8) is 0 Å². The van der Waals surface area contributed by atoms with E-state index in [0.717, 1.165) is 6.07 Å². The molecule has 1 atom stereocenters. The summed E-state index contributed by atoms with van der Waals surface area (Å²) in [6.07, 6.45) is -1.24. The minimum Gasteiger partial charge on any atom is -0.468 e. The Morgan fingerprint density at radius 3 is 2.38 bits per heavy atom. The topological polar surface area (TPSA) is 76.9 Å². The number of aromatic nitrogens is 2. The van der Waals surface area contributed by atoms with Crippen LogP contribution >= 0.6 is 0 Å². The molecule has 1 unspecified atom stereocenters. The number of benzene rings is 3. The van der Waals surface area contributed by atoms with Crippen LogP contribution in [0.15, 0.2) is 30.3 Å². The highest BCUT2D eigenvalue weighted by atomic mass is 28.2. The maximum absolute atomic E-state index is 16.8. The summed E-state index contributed by atoms with van der Waals surface area (Å²) in [6.45, 7) is 14.7. The van der Waals surface area contributed by atoms with Gasteiger partial charge in [-0.05, 0) is 59.4 Å². The first-order chi connectivity index (χ1) is 23.6. The summed E-state index contributed by atoms with van der Waals surface area (Å²) < 4.78 is 80.4. The molecular formula is C38H43F4N3O4Si. The van der Waals surface area contributed by atoms with Crippen LogP contribution in [0, 0.1) is 52.7 Å². The maximum atomic E-state index is 16.8. The number of halogens is 4. The van der Waals surface area contributed by atoms with E-state index in [0.29, 0.717) is 23.1 Å². The van der Waals surface area contributed by atoms with Gasteiger partial charge in [0.2, 0.25) is 0 Å². The molecule has 0 spiro atoms. The lowest BCUT2D eigenvalue weighted by Gasteiger charge is -2.43. The summed E-state index contributed by atoms with van der Waals surface area (Å²) in [4.78, 5) is 9.14. The molecule has 7 nitrogen and oxygen atoms in total. The molecular weight excluding hydrogens is 667 g/mol. The lowest BCUT2D eigenvalue weighted by Crippen LogP contribution is -2.42. The van der Waals surface area contributed by atoms with Crippen LogP contribution in [0.3, 0.4) is 0 Å². The monoisotopic (exact) mass is 709 g/mol. The third-order valence-electron chi connectivity index (χ3n) is 9.57. The van der Waals surface area contributed by atoms with E-state index in [1.807, 2.05) is 0 Å². The largest absolute Gasteiger partial charge is 0.468 e. The lowest BCUT2D eigenvalue weighted by atomic mass is 9.76. The molecule has 266 valence electrons. The second kappa shape index (κ2) is 14.8. The summed E-state index contributed by atoms with van der Waals surface area (Å²) in [5.74, 6) is 1.21. The standard InChI is InChI=1S/C38H43F4N3O4Si/c1-21(2)38(22(3)4,23(5)6)50-14-11-26-29(39)10-9-24-15-25(49-20-47-8)16-27(31(24)26)32-30(40)17-28-34(33(32)41)43-36(42)44-35(28)45-12-13-48-19-37(7,46)18-45/h9-10,15-17,21-23,46H,12-13,18-20H2,1-8H3. The zero-order valence-electron chi connectivity index (χ0n) is 29.7. The average molecular weight is 710 g/mol. The van der Waals surface area contributed by atoms with Gasteiger partial charge >= 0.3 is 6.08 Å². The molecule has 0 aliphatic carbocycles. The smallest absolute Gasteiger partial charge is 0.311 e. The highest BCUT2D eigenvalue weighted by Crippen LogP contribution is 2.49. The second-order valence-electron chi connectivity index (χ2n) is 14.0. The SMILES string of the molecule is COCOc1cc(-c2c(F)cc3c(N4CCOCC(C)(O)C4)nc(F)nc3c2F)c2c(C#C[Si]C(C(C)C)(C(C)C)C(C)C)c(F)ccc2c1. The van der Waals surface area contributed by atoms with Gasteiger partial charge in [-0.25, -0.2) is 13.2 Å². The van der Waals surface area contributed by atoms with Crippen molar-refractivity contribution >= 4 is 37.0 Å². The van der Waals surface area contributed by atoms with Crippen molar-refractivity contribution < 1.29 is 36.9 Å². The Hall–Kier alpha value is -3.76. The van der Waals surface area contributed by atoms with Gasteiger partial charge in [-0.1, -0.05) is 53.5 Å². The number of hydrogen-bond donors (Lipinski definition) is 1. The van der Waals surface area contributed by atoms with Crippen molar-refractivity contribution in [2.75, 3.05) is 45.1 Å². The van der Waals surface area contributed by atoms with Gasteiger partial charge in [0.1, 0.15) is 34.3 Å². The molecule has 5 rings (SSSR count). The fraction of sp³-hybridized carbons (Fsp3) is 0.474. The van der Waals surface area contributed by atoms with Crippen LogP contribution in [0.4, 0.5) is 23.4 Å². The zero-order chi connectivity index (χ0) is 36.5. The van der Waals surface area contributed by atoms with Gasteiger partial charge < -0.3 is 24.2 Å². The molecule has 2 radical (unpaired) electrons.